The normalized spacial score (nSPS) is 16.4. The molecule has 0 saturated carbocycles. The van der Waals surface area contributed by atoms with Gasteiger partial charge in [0.2, 0.25) is 12.2 Å². The summed E-state index contributed by atoms with van der Waals surface area (Å²) in [6, 6.07) is 7.53. The van der Waals surface area contributed by atoms with E-state index in [2.05, 4.69) is 20.6 Å². The van der Waals surface area contributed by atoms with Crippen molar-refractivity contribution < 1.29 is 4.79 Å². The number of carbonyl (C=O) groups excluding carboxylic acids is 1. The summed E-state index contributed by atoms with van der Waals surface area (Å²) in [6.45, 7) is 2.50. The predicted molar refractivity (Wildman–Crippen MR) is 116 cm³/mol. The molecule has 2 aromatic heterocycles. The molecule has 3 rings (SSSR count). The first-order chi connectivity index (χ1) is 14.3. The smallest absolute Gasteiger partial charge is 0.263 e. The van der Waals surface area contributed by atoms with Crippen LogP contribution in [0.25, 0.3) is 0 Å². The molecule has 0 aliphatic carbocycles. The molecule has 1 atom stereocenters. The van der Waals surface area contributed by atoms with Crippen molar-refractivity contribution in [3.05, 3.63) is 46.9 Å². The van der Waals surface area contributed by atoms with Crippen LogP contribution in [0.5, 0.6) is 0 Å². The second-order valence-corrected chi connectivity index (χ2v) is 8.03. The lowest BCUT2D eigenvalue weighted by Crippen LogP contribution is -2.31. The Morgan fingerprint density at radius 1 is 1.34 bits per heavy atom. The van der Waals surface area contributed by atoms with Crippen molar-refractivity contribution in [2.45, 2.75) is 32.1 Å². The highest BCUT2D eigenvalue weighted by Crippen LogP contribution is 2.24. The standard InChI is InChI=1S/C21H26N6OS/c22-16-25-21(26-18-7-4-10-23-14-18)24-11-3-1-2-6-17-9-12-27(15-17)20(28)19-8-5-13-29-19/h4-5,7-8,10,13-14,17H,1-3,6,9,11-12,15H2,(H2,24,25,26). The fourth-order valence-electron chi connectivity index (χ4n) is 3.49. The minimum Gasteiger partial charge on any atom is -0.355 e. The minimum absolute atomic E-state index is 0.178. The van der Waals surface area contributed by atoms with Gasteiger partial charge in [-0.3, -0.25) is 9.78 Å². The molecule has 2 N–H and O–H groups in total. The van der Waals surface area contributed by atoms with Gasteiger partial charge >= 0.3 is 0 Å². The van der Waals surface area contributed by atoms with Crippen LogP contribution >= 0.6 is 11.3 Å². The van der Waals surface area contributed by atoms with Gasteiger partial charge in [0.25, 0.3) is 5.91 Å². The van der Waals surface area contributed by atoms with E-state index < -0.39 is 0 Å². The third-order valence-corrected chi connectivity index (χ3v) is 5.83. The molecule has 7 nitrogen and oxygen atoms in total. The highest BCUT2D eigenvalue weighted by molar-refractivity contribution is 7.12. The summed E-state index contributed by atoms with van der Waals surface area (Å²) in [5.41, 5.74) is 0.789. The van der Waals surface area contributed by atoms with Crippen molar-refractivity contribution in [2.24, 2.45) is 10.9 Å². The van der Waals surface area contributed by atoms with E-state index in [-0.39, 0.29) is 5.91 Å². The van der Waals surface area contributed by atoms with Gasteiger partial charge in [0.15, 0.2) is 0 Å². The van der Waals surface area contributed by atoms with E-state index in [4.69, 9.17) is 5.26 Å². The monoisotopic (exact) mass is 410 g/mol. The van der Waals surface area contributed by atoms with E-state index in [1.807, 2.05) is 40.7 Å². The summed E-state index contributed by atoms with van der Waals surface area (Å²) in [4.78, 5) is 23.0. The summed E-state index contributed by atoms with van der Waals surface area (Å²) < 4.78 is 0. The van der Waals surface area contributed by atoms with Crippen molar-refractivity contribution in [3.8, 4) is 6.19 Å². The Hall–Kier alpha value is -2.92. The molecule has 1 unspecified atom stereocenters. The number of aromatic nitrogens is 1. The second-order valence-electron chi connectivity index (χ2n) is 7.09. The zero-order chi connectivity index (χ0) is 20.3. The molecule has 8 heteroatoms. The number of nitrogens with one attached hydrogen (secondary N) is 2. The molecule has 29 heavy (non-hydrogen) atoms. The molecule has 0 aromatic carbocycles. The highest BCUT2D eigenvalue weighted by Gasteiger charge is 2.26. The molecule has 0 spiro atoms. The van der Waals surface area contributed by atoms with E-state index in [1.54, 1.807) is 12.4 Å². The molecule has 1 saturated heterocycles. The lowest BCUT2D eigenvalue weighted by Gasteiger charge is -2.15. The van der Waals surface area contributed by atoms with Crippen molar-refractivity contribution in [1.82, 2.24) is 15.2 Å². The van der Waals surface area contributed by atoms with Crippen molar-refractivity contribution in [3.63, 3.8) is 0 Å². The van der Waals surface area contributed by atoms with E-state index in [0.717, 1.165) is 62.3 Å². The van der Waals surface area contributed by atoms with Gasteiger partial charge in [-0.25, -0.2) is 0 Å². The predicted octanol–water partition coefficient (Wildman–Crippen LogP) is 3.70. The van der Waals surface area contributed by atoms with Crippen molar-refractivity contribution in [1.29, 1.82) is 5.26 Å². The van der Waals surface area contributed by atoms with Crippen LogP contribution in [-0.2, 0) is 0 Å². The summed E-state index contributed by atoms with van der Waals surface area (Å²) in [6.07, 6.45) is 10.7. The largest absolute Gasteiger partial charge is 0.355 e. The van der Waals surface area contributed by atoms with Gasteiger partial charge in [-0.15, -0.1) is 16.3 Å². The fraction of sp³-hybridized carbons (Fsp3) is 0.429. The number of pyridine rings is 1. The zero-order valence-corrected chi connectivity index (χ0v) is 17.2. The lowest BCUT2D eigenvalue weighted by molar-refractivity contribution is 0.0791. The first-order valence-corrected chi connectivity index (χ1v) is 10.8. The quantitative estimate of drug-likeness (QED) is 0.299. The SMILES string of the molecule is N#C/N=C(/NCCCCCC1CCN(C(=O)c2cccs2)C1)Nc1cccnc1. The number of guanidine groups is 1. The number of nitriles is 1. The molecule has 152 valence electrons. The lowest BCUT2D eigenvalue weighted by atomic mass is 10.0. The first-order valence-electron chi connectivity index (χ1n) is 9.96. The summed E-state index contributed by atoms with van der Waals surface area (Å²) >= 11 is 1.52. The average molecular weight is 411 g/mol. The van der Waals surface area contributed by atoms with Gasteiger partial charge in [0.05, 0.1) is 16.8 Å². The van der Waals surface area contributed by atoms with E-state index >= 15 is 0 Å². The number of aliphatic imine (C=N–C) groups is 1. The Morgan fingerprint density at radius 2 is 2.28 bits per heavy atom. The van der Waals surface area contributed by atoms with Gasteiger partial charge < -0.3 is 15.5 Å². The number of unbranched alkanes of at least 4 members (excludes halogenated alkanes) is 2. The number of hydrogen-bond donors (Lipinski definition) is 2. The molecule has 0 bridgehead atoms. The Morgan fingerprint density at radius 3 is 3.03 bits per heavy atom. The number of nitrogens with zero attached hydrogens (tertiary/aromatic N) is 4. The van der Waals surface area contributed by atoms with Gasteiger partial charge in [-0.05, 0) is 48.8 Å². The molecular weight excluding hydrogens is 384 g/mol. The van der Waals surface area contributed by atoms with Crippen LogP contribution < -0.4 is 10.6 Å². The molecule has 2 aromatic rings. The molecule has 1 aliphatic rings. The van der Waals surface area contributed by atoms with Crippen LogP contribution in [-0.4, -0.2) is 41.4 Å². The summed E-state index contributed by atoms with van der Waals surface area (Å²) in [5, 5.41) is 17.0. The summed E-state index contributed by atoms with van der Waals surface area (Å²) in [5.74, 6) is 1.23. The van der Waals surface area contributed by atoms with E-state index in [9.17, 15) is 4.79 Å². The van der Waals surface area contributed by atoms with Crippen molar-refractivity contribution in [2.75, 3.05) is 25.0 Å². The average Bonchev–Trinajstić information content (AvgIpc) is 3.43. The molecule has 1 amide bonds. The molecule has 3 heterocycles. The van der Waals surface area contributed by atoms with Gasteiger partial charge in [-0.1, -0.05) is 18.9 Å². The molecular formula is C21H26N6OS. The maximum absolute atomic E-state index is 12.4. The molecule has 1 fully saturated rings. The maximum Gasteiger partial charge on any atom is 0.263 e. The Balaban J connectivity index is 1.29. The van der Waals surface area contributed by atoms with Crippen LogP contribution in [0.1, 0.15) is 41.8 Å². The van der Waals surface area contributed by atoms with E-state index in [0.29, 0.717) is 11.9 Å². The van der Waals surface area contributed by atoms with Crippen molar-refractivity contribution >= 4 is 28.9 Å². The number of likely N-dealkylation sites (tertiary alicyclic amines) is 1. The number of rotatable bonds is 8. The Kier molecular flexibility index (Phi) is 8.01. The zero-order valence-electron chi connectivity index (χ0n) is 16.4. The molecule has 1 aliphatic heterocycles. The molecule has 0 radical (unpaired) electrons. The number of thiophene rings is 1. The first kappa shape index (κ1) is 20.8. The van der Waals surface area contributed by atoms with Crippen LogP contribution in [0.4, 0.5) is 5.69 Å². The third-order valence-electron chi connectivity index (χ3n) is 4.97. The number of carbonyl (C=O) groups is 1. The van der Waals surface area contributed by atoms with Crippen LogP contribution in [0.15, 0.2) is 47.0 Å². The number of amides is 1. The number of anilines is 1. The van der Waals surface area contributed by atoms with Gasteiger partial charge in [0, 0.05) is 25.8 Å². The maximum atomic E-state index is 12.4. The van der Waals surface area contributed by atoms with Gasteiger partial charge in [0.1, 0.15) is 0 Å². The minimum atomic E-state index is 0.178. The Bertz CT molecular complexity index is 831. The Labute approximate surface area is 175 Å². The van der Waals surface area contributed by atoms with Crippen LogP contribution in [0.3, 0.4) is 0 Å². The number of hydrogen-bond acceptors (Lipinski definition) is 5. The van der Waals surface area contributed by atoms with Gasteiger partial charge in [-0.2, -0.15) is 5.26 Å². The second kappa shape index (κ2) is 11.2. The topological polar surface area (TPSA) is 93.4 Å². The highest BCUT2D eigenvalue weighted by atomic mass is 32.1. The van der Waals surface area contributed by atoms with Crippen LogP contribution in [0.2, 0.25) is 0 Å². The van der Waals surface area contributed by atoms with Crippen LogP contribution in [0, 0.1) is 17.4 Å². The van der Waals surface area contributed by atoms with E-state index in [1.165, 1.54) is 11.3 Å². The third kappa shape index (κ3) is 6.57. The fourth-order valence-corrected chi connectivity index (χ4v) is 4.18. The summed E-state index contributed by atoms with van der Waals surface area (Å²) in [7, 11) is 0.